The predicted molar refractivity (Wildman–Crippen MR) is 87.1 cm³/mol. The van der Waals surface area contributed by atoms with Crippen molar-refractivity contribution in [2.75, 3.05) is 6.54 Å². The summed E-state index contributed by atoms with van der Waals surface area (Å²) in [5, 5.41) is 7.29. The molecule has 0 spiro atoms. The number of hydrogen-bond acceptors (Lipinski definition) is 2. The van der Waals surface area contributed by atoms with Crippen LogP contribution in [0.4, 0.5) is 0 Å². The summed E-state index contributed by atoms with van der Waals surface area (Å²) in [4.78, 5) is 12.1. The summed E-state index contributed by atoms with van der Waals surface area (Å²) < 4.78 is 1.72. The zero-order valence-corrected chi connectivity index (χ0v) is 12.7. The van der Waals surface area contributed by atoms with Gasteiger partial charge in [0.15, 0.2) is 5.69 Å². The summed E-state index contributed by atoms with van der Waals surface area (Å²) in [6.07, 6.45) is 10.0. The van der Waals surface area contributed by atoms with Gasteiger partial charge in [-0.15, -0.1) is 0 Å². The molecule has 4 heteroatoms. The average molecular weight is 295 g/mol. The highest BCUT2D eigenvalue weighted by Gasteiger charge is 2.10. The molecule has 1 aliphatic rings. The van der Waals surface area contributed by atoms with Gasteiger partial charge in [-0.3, -0.25) is 4.79 Å². The maximum absolute atomic E-state index is 12.1. The lowest BCUT2D eigenvalue weighted by atomic mass is 9.97. The van der Waals surface area contributed by atoms with E-state index in [-0.39, 0.29) is 5.91 Å². The minimum atomic E-state index is -0.105. The van der Waals surface area contributed by atoms with Gasteiger partial charge in [0.05, 0.1) is 5.69 Å². The van der Waals surface area contributed by atoms with E-state index in [0.29, 0.717) is 12.2 Å². The summed E-state index contributed by atoms with van der Waals surface area (Å²) in [5.74, 6) is -0.105. The van der Waals surface area contributed by atoms with Crippen LogP contribution >= 0.6 is 0 Å². The van der Waals surface area contributed by atoms with Crippen LogP contribution in [0.5, 0.6) is 0 Å². The zero-order valence-electron chi connectivity index (χ0n) is 12.7. The van der Waals surface area contributed by atoms with Crippen molar-refractivity contribution in [2.45, 2.75) is 32.1 Å². The largest absolute Gasteiger partial charge is 0.350 e. The van der Waals surface area contributed by atoms with Crippen LogP contribution in [-0.2, 0) is 0 Å². The molecular formula is C18H21N3O. The molecule has 114 valence electrons. The molecule has 4 nitrogen and oxygen atoms in total. The number of carbonyl (C=O) groups is 1. The van der Waals surface area contributed by atoms with E-state index in [1.165, 1.54) is 31.3 Å². The van der Waals surface area contributed by atoms with E-state index in [1.54, 1.807) is 10.7 Å². The molecule has 0 unspecified atom stereocenters. The van der Waals surface area contributed by atoms with Crippen molar-refractivity contribution in [1.82, 2.24) is 15.1 Å². The van der Waals surface area contributed by atoms with E-state index in [2.05, 4.69) is 16.5 Å². The number of nitrogens with one attached hydrogen (secondary N) is 1. The standard InChI is InChI=1S/C18H21N3O/c22-18(19-13-11-15-7-3-1-4-8-15)17-12-14-21(20-17)16-9-5-2-6-10-16/h2,5-7,9-10,12,14H,1,3-4,8,11,13H2,(H,19,22). The number of benzene rings is 1. The third kappa shape index (κ3) is 3.64. The maximum Gasteiger partial charge on any atom is 0.271 e. The Hall–Kier alpha value is -2.36. The summed E-state index contributed by atoms with van der Waals surface area (Å²) in [6, 6.07) is 11.5. The van der Waals surface area contributed by atoms with Crippen LogP contribution in [0, 0.1) is 0 Å². The molecule has 1 N–H and O–H groups in total. The number of amides is 1. The molecule has 3 rings (SSSR count). The van der Waals surface area contributed by atoms with Crippen LogP contribution in [0.2, 0.25) is 0 Å². The highest BCUT2D eigenvalue weighted by Crippen LogP contribution is 2.19. The highest BCUT2D eigenvalue weighted by molar-refractivity contribution is 5.92. The van der Waals surface area contributed by atoms with Gasteiger partial charge in [0, 0.05) is 12.7 Å². The molecule has 0 aliphatic heterocycles. The number of allylic oxidation sites excluding steroid dienone is 1. The number of aromatic nitrogens is 2. The zero-order chi connectivity index (χ0) is 15.2. The van der Waals surface area contributed by atoms with Gasteiger partial charge in [0.1, 0.15) is 0 Å². The Balaban J connectivity index is 1.54. The molecule has 0 radical (unpaired) electrons. The molecule has 0 bridgehead atoms. The van der Waals surface area contributed by atoms with Gasteiger partial charge in [-0.05, 0) is 50.3 Å². The number of rotatable bonds is 5. The average Bonchev–Trinajstić information content (AvgIpc) is 3.07. The normalized spacial score (nSPS) is 14.5. The Bertz CT molecular complexity index is 658. The summed E-state index contributed by atoms with van der Waals surface area (Å²) in [5.41, 5.74) is 2.89. The molecule has 1 aromatic heterocycles. The van der Waals surface area contributed by atoms with Crippen molar-refractivity contribution in [3.8, 4) is 5.69 Å². The van der Waals surface area contributed by atoms with Gasteiger partial charge in [-0.25, -0.2) is 4.68 Å². The van der Waals surface area contributed by atoms with Gasteiger partial charge in [-0.1, -0.05) is 29.8 Å². The fourth-order valence-electron chi connectivity index (χ4n) is 2.73. The lowest BCUT2D eigenvalue weighted by molar-refractivity contribution is 0.0948. The van der Waals surface area contributed by atoms with Crippen molar-refractivity contribution in [3.63, 3.8) is 0 Å². The van der Waals surface area contributed by atoms with E-state index >= 15 is 0 Å². The number of para-hydroxylation sites is 1. The number of hydrogen-bond donors (Lipinski definition) is 1. The Morgan fingerprint density at radius 1 is 1.18 bits per heavy atom. The molecule has 0 atom stereocenters. The summed E-state index contributed by atoms with van der Waals surface area (Å²) >= 11 is 0. The van der Waals surface area contributed by atoms with E-state index in [1.807, 2.05) is 36.5 Å². The van der Waals surface area contributed by atoms with Crippen molar-refractivity contribution in [3.05, 3.63) is 59.9 Å². The highest BCUT2D eigenvalue weighted by atomic mass is 16.1. The second kappa shape index (κ2) is 7.07. The number of nitrogens with zero attached hydrogens (tertiary/aromatic N) is 2. The monoisotopic (exact) mass is 295 g/mol. The Morgan fingerprint density at radius 3 is 2.82 bits per heavy atom. The van der Waals surface area contributed by atoms with Gasteiger partial charge < -0.3 is 5.32 Å². The second-order valence-corrected chi connectivity index (χ2v) is 5.60. The molecule has 0 fully saturated rings. The van der Waals surface area contributed by atoms with Gasteiger partial charge in [0.25, 0.3) is 5.91 Å². The molecule has 0 saturated carbocycles. The molecule has 1 aliphatic carbocycles. The van der Waals surface area contributed by atoms with Gasteiger partial charge in [-0.2, -0.15) is 5.10 Å². The van der Waals surface area contributed by atoms with E-state index in [4.69, 9.17) is 0 Å². The maximum atomic E-state index is 12.1. The molecule has 1 aromatic carbocycles. The van der Waals surface area contributed by atoms with Crippen LogP contribution in [0.3, 0.4) is 0 Å². The van der Waals surface area contributed by atoms with Crippen LogP contribution in [0.15, 0.2) is 54.2 Å². The van der Waals surface area contributed by atoms with Gasteiger partial charge in [0.2, 0.25) is 0 Å². The van der Waals surface area contributed by atoms with Gasteiger partial charge >= 0.3 is 0 Å². The van der Waals surface area contributed by atoms with E-state index in [0.717, 1.165) is 12.1 Å². The number of carbonyl (C=O) groups excluding carboxylic acids is 1. The van der Waals surface area contributed by atoms with Crippen molar-refractivity contribution in [1.29, 1.82) is 0 Å². The fraction of sp³-hybridized carbons (Fsp3) is 0.333. The first kappa shape index (κ1) is 14.6. The molecule has 1 heterocycles. The van der Waals surface area contributed by atoms with Crippen LogP contribution in [0.1, 0.15) is 42.6 Å². The summed E-state index contributed by atoms with van der Waals surface area (Å²) in [6.45, 7) is 0.683. The van der Waals surface area contributed by atoms with Crippen molar-refractivity contribution >= 4 is 5.91 Å². The first-order chi connectivity index (χ1) is 10.8. The Kier molecular flexibility index (Phi) is 4.68. The molecule has 22 heavy (non-hydrogen) atoms. The third-order valence-corrected chi connectivity index (χ3v) is 3.96. The molecule has 2 aromatic rings. The second-order valence-electron chi connectivity index (χ2n) is 5.60. The first-order valence-electron chi connectivity index (χ1n) is 7.90. The quantitative estimate of drug-likeness (QED) is 0.858. The SMILES string of the molecule is O=C(NCCC1=CCCCC1)c1ccn(-c2ccccc2)n1. The molecular weight excluding hydrogens is 274 g/mol. The molecule has 0 saturated heterocycles. The Morgan fingerprint density at radius 2 is 2.05 bits per heavy atom. The van der Waals surface area contributed by atoms with Crippen LogP contribution < -0.4 is 5.32 Å². The van der Waals surface area contributed by atoms with Crippen molar-refractivity contribution in [2.24, 2.45) is 0 Å². The lowest BCUT2D eigenvalue weighted by Gasteiger charge is -2.12. The smallest absolute Gasteiger partial charge is 0.271 e. The fourth-order valence-corrected chi connectivity index (χ4v) is 2.73. The molecule has 1 amide bonds. The lowest BCUT2D eigenvalue weighted by Crippen LogP contribution is -2.25. The predicted octanol–water partition coefficient (Wildman–Crippen LogP) is 3.49. The van der Waals surface area contributed by atoms with Crippen LogP contribution in [0.25, 0.3) is 5.69 Å². The third-order valence-electron chi connectivity index (χ3n) is 3.96. The summed E-state index contributed by atoms with van der Waals surface area (Å²) in [7, 11) is 0. The van der Waals surface area contributed by atoms with Crippen LogP contribution in [-0.4, -0.2) is 22.2 Å². The van der Waals surface area contributed by atoms with E-state index < -0.39 is 0 Å². The minimum absolute atomic E-state index is 0.105. The van der Waals surface area contributed by atoms with E-state index in [9.17, 15) is 4.79 Å². The van der Waals surface area contributed by atoms with Crippen molar-refractivity contribution < 1.29 is 4.79 Å². The first-order valence-corrected chi connectivity index (χ1v) is 7.90. The Labute approximate surface area is 130 Å². The minimum Gasteiger partial charge on any atom is -0.350 e. The topological polar surface area (TPSA) is 46.9 Å².